The van der Waals surface area contributed by atoms with Crippen molar-refractivity contribution in [3.05, 3.63) is 83.6 Å². The highest BCUT2D eigenvalue weighted by Crippen LogP contribution is 2.23. The molecule has 0 bridgehead atoms. The standard InChI is InChI=1S/C20H11F2N5O/c21-14-2-3-15-16(9-25-18(15)7-14)20(28)13(8-23)5-12-1-4-19(17(22)6-12)27-11-24-10-26-27/h1-7,9-11,25H/b13-5-. The van der Waals surface area contributed by atoms with Gasteiger partial charge in [-0.15, -0.1) is 0 Å². The van der Waals surface area contributed by atoms with Crippen LogP contribution in [0.3, 0.4) is 0 Å². The number of nitrogens with zero attached hydrogens (tertiary/aromatic N) is 4. The summed E-state index contributed by atoms with van der Waals surface area (Å²) in [6, 6.07) is 10.1. The predicted octanol–water partition coefficient (Wildman–Crippen LogP) is 3.82. The first-order chi connectivity index (χ1) is 13.6. The molecule has 0 amide bonds. The number of hydrogen-bond donors (Lipinski definition) is 1. The summed E-state index contributed by atoms with van der Waals surface area (Å²) in [5.74, 6) is -1.56. The number of Topliss-reactive ketones (excluding diaryl/α,β-unsaturated/α-hetero) is 1. The van der Waals surface area contributed by atoms with Crippen molar-refractivity contribution in [1.29, 1.82) is 5.26 Å². The summed E-state index contributed by atoms with van der Waals surface area (Å²) in [4.78, 5) is 19.3. The van der Waals surface area contributed by atoms with Crippen LogP contribution in [-0.4, -0.2) is 25.5 Å². The molecule has 2 aromatic carbocycles. The number of ketones is 1. The monoisotopic (exact) mass is 375 g/mol. The highest BCUT2D eigenvalue weighted by Gasteiger charge is 2.17. The number of nitriles is 1. The molecule has 2 heterocycles. The van der Waals surface area contributed by atoms with E-state index in [0.29, 0.717) is 16.5 Å². The van der Waals surface area contributed by atoms with Crippen molar-refractivity contribution in [2.24, 2.45) is 0 Å². The molecule has 1 N–H and O–H groups in total. The minimum absolute atomic E-state index is 0.168. The third-order valence-corrected chi connectivity index (χ3v) is 4.20. The molecule has 4 rings (SSSR count). The normalized spacial score (nSPS) is 11.5. The van der Waals surface area contributed by atoms with Crippen LogP contribution in [0, 0.1) is 23.0 Å². The minimum Gasteiger partial charge on any atom is -0.360 e. The SMILES string of the molecule is N#C/C(=C/c1ccc(-n2cncn2)c(F)c1)C(=O)c1c[nH]c2cc(F)ccc12. The van der Waals surface area contributed by atoms with Gasteiger partial charge in [0.2, 0.25) is 5.78 Å². The number of carbonyl (C=O) groups is 1. The van der Waals surface area contributed by atoms with Gasteiger partial charge in [0.05, 0.1) is 0 Å². The zero-order valence-electron chi connectivity index (χ0n) is 14.2. The van der Waals surface area contributed by atoms with Crippen LogP contribution in [0.15, 0.2) is 60.8 Å². The number of hydrogen-bond acceptors (Lipinski definition) is 4. The molecule has 136 valence electrons. The smallest absolute Gasteiger partial charge is 0.205 e. The van der Waals surface area contributed by atoms with E-state index in [1.807, 2.05) is 6.07 Å². The molecular weight excluding hydrogens is 364 g/mol. The third kappa shape index (κ3) is 3.05. The molecular formula is C20H11F2N5O. The van der Waals surface area contributed by atoms with Gasteiger partial charge in [-0.2, -0.15) is 10.4 Å². The van der Waals surface area contributed by atoms with Gasteiger partial charge in [0.1, 0.15) is 41.6 Å². The van der Waals surface area contributed by atoms with Crippen LogP contribution >= 0.6 is 0 Å². The molecule has 0 aliphatic rings. The van der Waals surface area contributed by atoms with E-state index in [4.69, 9.17) is 0 Å². The van der Waals surface area contributed by atoms with E-state index >= 15 is 0 Å². The van der Waals surface area contributed by atoms with Crippen LogP contribution in [0.1, 0.15) is 15.9 Å². The van der Waals surface area contributed by atoms with Crippen molar-refractivity contribution in [3.63, 3.8) is 0 Å². The number of fused-ring (bicyclic) bond motifs is 1. The molecule has 0 spiro atoms. The summed E-state index contributed by atoms with van der Waals surface area (Å²) in [7, 11) is 0. The van der Waals surface area contributed by atoms with Gasteiger partial charge in [-0.3, -0.25) is 4.79 Å². The largest absolute Gasteiger partial charge is 0.360 e. The van der Waals surface area contributed by atoms with Gasteiger partial charge in [0.15, 0.2) is 0 Å². The second kappa shape index (κ2) is 6.89. The Morgan fingerprint density at radius 3 is 2.79 bits per heavy atom. The van der Waals surface area contributed by atoms with Crippen LogP contribution in [0.25, 0.3) is 22.7 Å². The lowest BCUT2D eigenvalue weighted by Crippen LogP contribution is -2.02. The quantitative estimate of drug-likeness (QED) is 0.334. The van der Waals surface area contributed by atoms with Crippen LogP contribution in [0.5, 0.6) is 0 Å². The van der Waals surface area contributed by atoms with Crippen molar-refractivity contribution >= 4 is 22.8 Å². The summed E-state index contributed by atoms with van der Waals surface area (Å²) in [6.45, 7) is 0. The fourth-order valence-electron chi connectivity index (χ4n) is 2.88. The molecule has 0 aliphatic heterocycles. The van der Waals surface area contributed by atoms with E-state index in [9.17, 15) is 18.8 Å². The first-order valence-corrected chi connectivity index (χ1v) is 8.14. The Hall–Kier alpha value is -4.12. The van der Waals surface area contributed by atoms with Gasteiger partial charge in [-0.05, 0) is 42.0 Å². The number of allylic oxidation sites excluding steroid dienone is 1. The van der Waals surface area contributed by atoms with E-state index in [0.717, 1.165) is 0 Å². The number of aromatic nitrogens is 4. The zero-order chi connectivity index (χ0) is 19.7. The second-order valence-corrected chi connectivity index (χ2v) is 5.94. The summed E-state index contributed by atoms with van der Waals surface area (Å²) < 4.78 is 28.9. The van der Waals surface area contributed by atoms with Crippen molar-refractivity contribution in [3.8, 4) is 11.8 Å². The van der Waals surface area contributed by atoms with Crippen molar-refractivity contribution < 1.29 is 13.6 Å². The molecule has 6 nitrogen and oxygen atoms in total. The van der Waals surface area contributed by atoms with Crippen LogP contribution in [0.4, 0.5) is 8.78 Å². The molecule has 4 aromatic rings. The minimum atomic E-state index is -0.577. The molecule has 0 radical (unpaired) electrons. The van der Waals surface area contributed by atoms with E-state index in [-0.39, 0.29) is 16.8 Å². The van der Waals surface area contributed by atoms with Crippen molar-refractivity contribution in [1.82, 2.24) is 19.7 Å². The Bertz CT molecular complexity index is 1270. The first kappa shape index (κ1) is 17.3. The zero-order valence-corrected chi connectivity index (χ0v) is 14.2. The fourth-order valence-corrected chi connectivity index (χ4v) is 2.88. The van der Waals surface area contributed by atoms with Crippen molar-refractivity contribution in [2.45, 2.75) is 0 Å². The maximum absolute atomic E-state index is 14.4. The average Bonchev–Trinajstić information content (AvgIpc) is 3.35. The lowest BCUT2D eigenvalue weighted by Gasteiger charge is -2.04. The van der Waals surface area contributed by atoms with E-state index in [1.54, 1.807) is 6.07 Å². The highest BCUT2D eigenvalue weighted by atomic mass is 19.1. The van der Waals surface area contributed by atoms with Crippen LogP contribution in [0.2, 0.25) is 0 Å². The molecule has 8 heteroatoms. The molecule has 28 heavy (non-hydrogen) atoms. The Morgan fingerprint density at radius 1 is 1.21 bits per heavy atom. The van der Waals surface area contributed by atoms with Gasteiger partial charge in [-0.1, -0.05) is 6.07 Å². The molecule has 2 aromatic heterocycles. The predicted molar refractivity (Wildman–Crippen MR) is 97.5 cm³/mol. The summed E-state index contributed by atoms with van der Waals surface area (Å²) in [6.07, 6.45) is 5.37. The second-order valence-electron chi connectivity index (χ2n) is 5.94. The number of rotatable bonds is 4. The summed E-state index contributed by atoms with van der Waals surface area (Å²) >= 11 is 0. The average molecular weight is 375 g/mol. The molecule has 0 atom stereocenters. The lowest BCUT2D eigenvalue weighted by atomic mass is 10.0. The number of halogens is 2. The van der Waals surface area contributed by atoms with Gasteiger partial charge >= 0.3 is 0 Å². The number of carbonyl (C=O) groups excluding carboxylic acids is 1. The van der Waals surface area contributed by atoms with Crippen molar-refractivity contribution in [2.75, 3.05) is 0 Å². The van der Waals surface area contributed by atoms with Gasteiger partial charge < -0.3 is 4.98 Å². The number of nitrogens with one attached hydrogen (secondary N) is 1. The van der Waals surface area contributed by atoms with Crippen LogP contribution < -0.4 is 0 Å². The van der Waals surface area contributed by atoms with E-state index < -0.39 is 17.4 Å². The molecule has 0 aliphatic carbocycles. The van der Waals surface area contributed by atoms with Gasteiger partial charge in [0, 0.05) is 22.7 Å². The van der Waals surface area contributed by atoms with E-state index in [1.165, 1.54) is 59.9 Å². The van der Waals surface area contributed by atoms with E-state index in [2.05, 4.69) is 15.1 Å². The summed E-state index contributed by atoms with van der Waals surface area (Å²) in [5, 5.41) is 13.8. The lowest BCUT2D eigenvalue weighted by molar-refractivity contribution is 0.104. The first-order valence-electron chi connectivity index (χ1n) is 8.14. The highest BCUT2D eigenvalue weighted by molar-refractivity contribution is 6.19. The topological polar surface area (TPSA) is 87.4 Å². The Labute approximate surface area is 157 Å². The van der Waals surface area contributed by atoms with Gasteiger partial charge in [0.25, 0.3) is 0 Å². The number of benzene rings is 2. The fraction of sp³-hybridized carbons (Fsp3) is 0. The molecule has 0 fully saturated rings. The molecule has 0 saturated heterocycles. The number of H-pyrrole nitrogens is 1. The molecule has 0 unspecified atom stereocenters. The summed E-state index contributed by atoms with van der Waals surface area (Å²) in [5.41, 5.74) is 1.06. The van der Waals surface area contributed by atoms with Gasteiger partial charge in [-0.25, -0.2) is 18.4 Å². The third-order valence-electron chi connectivity index (χ3n) is 4.20. The Balaban J connectivity index is 1.70. The maximum atomic E-state index is 14.4. The van der Waals surface area contributed by atoms with Crippen LogP contribution in [-0.2, 0) is 0 Å². The maximum Gasteiger partial charge on any atom is 0.205 e. The Kier molecular flexibility index (Phi) is 4.26. The Morgan fingerprint density at radius 2 is 2.07 bits per heavy atom. The number of aromatic amines is 1. The molecule has 0 saturated carbocycles.